The van der Waals surface area contributed by atoms with Crippen LogP contribution in [0.15, 0.2) is 33.4 Å². The van der Waals surface area contributed by atoms with Gasteiger partial charge >= 0.3 is 5.97 Å². The van der Waals surface area contributed by atoms with E-state index in [2.05, 4.69) is 10.5 Å². The summed E-state index contributed by atoms with van der Waals surface area (Å²) in [6.07, 6.45) is 1.51. The first kappa shape index (κ1) is 18.1. The van der Waals surface area contributed by atoms with Gasteiger partial charge in [-0.05, 0) is 19.1 Å². The Hall–Kier alpha value is -2.75. The van der Waals surface area contributed by atoms with Crippen molar-refractivity contribution in [3.63, 3.8) is 0 Å². The maximum Gasteiger partial charge on any atom is 0.330 e. The number of aryl methyl sites for hydroxylation is 1. The maximum atomic E-state index is 12.4. The molecular weight excluding hydrogens is 362 g/mol. The molecule has 0 saturated carbocycles. The van der Waals surface area contributed by atoms with E-state index in [-0.39, 0.29) is 11.7 Å². The van der Waals surface area contributed by atoms with E-state index in [1.54, 1.807) is 25.1 Å². The Labute approximate surface area is 153 Å². The van der Waals surface area contributed by atoms with Crippen LogP contribution in [0.2, 0.25) is 0 Å². The van der Waals surface area contributed by atoms with Gasteiger partial charge in [-0.15, -0.1) is 11.8 Å². The molecule has 2 amide bonds. The van der Waals surface area contributed by atoms with E-state index in [0.29, 0.717) is 17.3 Å². The lowest BCUT2D eigenvalue weighted by Gasteiger charge is -2.25. The SMILES string of the molecule is CC(=O)N1[C@@H](C(=O)OCC(=O)Nc2cc(C)on2)CS[C@@H]1c1ccco1. The molecule has 10 heteroatoms. The first-order chi connectivity index (χ1) is 12.5. The summed E-state index contributed by atoms with van der Waals surface area (Å²) in [7, 11) is 0. The van der Waals surface area contributed by atoms with E-state index in [1.165, 1.54) is 29.8 Å². The third kappa shape index (κ3) is 3.90. The van der Waals surface area contributed by atoms with Crippen molar-refractivity contribution in [1.29, 1.82) is 0 Å². The number of rotatable bonds is 5. The second kappa shape index (κ2) is 7.65. The highest BCUT2D eigenvalue weighted by Crippen LogP contribution is 2.41. The van der Waals surface area contributed by atoms with Crippen LogP contribution in [0.1, 0.15) is 23.8 Å². The van der Waals surface area contributed by atoms with Crippen LogP contribution in [0, 0.1) is 6.92 Å². The monoisotopic (exact) mass is 379 g/mol. The van der Waals surface area contributed by atoms with Crippen LogP contribution in [0.25, 0.3) is 0 Å². The molecule has 2 aromatic heterocycles. The molecule has 3 rings (SSSR count). The third-order valence-corrected chi connectivity index (χ3v) is 4.95. The standard InChI is InChI=1S/C16H17N3O6S/c1-9-6-13(18-25-9)17-14(21)7-24-16(22)11-8-26-15(19(11)10(2)20)12-4-3-5-23-12/h3-6,11,15H,7-8H2,1-2H3,(H,17,18,21)/t11-,15-/m1/s1. The summed E-state index contributed by atoms with van der Waals surface area (Å²) < 4.78 is 15.2. The normalized spacial score (nSPS) is 19.4. The number of esters is 1. The van der Waals surface area contributed by atoms with Crippen molar-refractivity contribution in [2.45, 2.75) is 25.3 Å². The molecule has 1 saturated heterocycles. The Balaban J connectivity index is 1.58. The fourth-order valence-electron chi connectivity index (χ4n) is 2.56. The number of carbonyl (C=O) groups is 3. The predicted molar refractivity (Wildman–Crippen MR) is 91.0 cm³/mol. The Morgan fingerprint density at radius 1 is 1.46 bits per heavy atom. The van der Waals surface area contributed by atoms with Gasteiger partial charge in [0, 0.05) is 18.7 Å². The highest BCUT2D eigenvalue weighted by molar-refractivity contribution is 7.99. The number of thioether (sulfide) groups is 1. The number of amides is 2. The number of furan rings is 1. The fraction of sp³-hybridized carbons (Fsp3) is 0.375. The van der Waals surface area contributed by atoms with Crippen LogP contribution in [0.4, 0.5) is 5.82 Å². The summed E-state index contributed by atoms with van der Waals surface area (Å²) >= 11 is 1.40. The van der Waals surface area contributed by atoms with Crippen molar-refractivity contribution < 1.29 is 28.1 Å². The lowest BCUT2D eigenvalue weighted by atomic mass is 10.2. The van der Waals surface area contributed by atoms with E-state index in [9.17, 15) is 14.4 Å². The summed E-state index contributed by atoms with van der Waals surface area (Å²) in [5, 5.41) is 5.68. The Morgan fingerprint density at radius 2 is 2.27 bits per heavy atom. The van der Waals surface area contributed by atoms with Gasteiger partial charge in [-0.25, -0.2) is 4.79 Å². The van der Waals surface area contributed by atoms with Crippen LogP contribution >= 0.6 is 11.8 Å². The summed E-state index contributed by atoms with van der Waals surface area (Å²) in [5.41, 5.74) is 0. The van der Waals surface area contributed by atoms with Gasteiger partial charge < -0.3 is 23.9 Å². The second-order valence-electron chi connectivity index (χ2n) is 5.62. The highest BCUT2D eigenvalue weighted by Gasteiger charge is 2.43. The van der Waals surface area contributed by atoms with Gasteiger partial charge in [0.05, 0.1) is 6.26 Å². The first-order valence-electron chi connectivity index (χ1n) is 7.79. The molecule has 0 bridgehead atoms. The molecule has 0 spiro atoms. The van der Waals surface area contributed by atoms with E-state index in [0.717, 1.165) is 0 Å². The first-order valence-corrected chi connectivity index (χ1v) is 8.84. The number of ether oxygens (including phenoxy) is 1. The van der Waals surface area contributed by atoms with E-state index in [4.69, 9.17) is 13.7 Å². The minimum absolute atomic E-state index is 0.239. The molecule has 1 aliphatic heterocycles. The number of aromatic nitrogens is 1. The third-order valence-electron chi connectivity index (χ3n) is 3.66. The number of nitrogens with zero attached hydrogens (tertiary/aromatic N) is 2. The molecule has 2 atom stereocenters. The second-order valence-corrected chi connectivity index (χ2v) is 6.74. The Kier molecular flexibility index (Phi) is 5.31. The van der Waals surface area contributed by atoms with Crippen LogP contribution in [0.3, 0.4) is 0 Å². The lowest BCUT2D eigenvalue weighted by molar-refractivity contribution is -0.155. The van der Waals surface area contributed by atoms with Gasteiger partial charge in [-0.1, -0.05) is 5.16 Å². The van der Waals surface area contributed by atoms with Crippen molar-refractivity contribution in [3.05, 3.63) is 36.0 Å². The van der Waals surface area contributed by atoms with Crippen molar-refractivity contribution in [3.8, 4) is 0 Å². The van der Waals surface area contributed by atoms with Crippen LogP contribution in [-0.4, -0.2) is 46.2 Å². The summed E-state index contributed by atoms with van der Waals surface area (Å²) in [6, 6.07) is 4.22. The smallest absolute Gasteiger partial charge is 0.330 e. The number of carbonyl (C=O) groups excluding carboxylic acids is 3. The summed E-state index contributed by atoms with van der Waals surface area (Å²) in [5.74, 6) is 0.251. The van der Waals surface area contributed by atoms with Crippen LogP contribution in [-0.2, 0) is 19.1 Å². The highest BCUT2D eigenvalue weighted by atomic mass is 32.2. The molecule has 0 aliphatic carbocycles. The molecule has 138 valence electrons. The zero-order valence-electron chi connectivity index (χ0n) is 14.1. The largest absolute Gasteiger partial charge is 0.466 e. The van der Waals surface area contributed by atoms with Crippen molar-refractivity contribution >= 4 is 35.4 Å². The zero-order valence-corrected chi connectivity index (χ0v) is 14.9. The van der Waals surface area contributed by atoms with Gasteiger partial charge in [0.2, 0.25) is 5.91 Å². The molecule has 1 aliphatic rings. The molecular formula is C16H17N3O6S. The van der Waals surface area contributed by atoms with Gasteiger partial charge in [-0.3, -0.25) is 9.59 Å². The van der Waals surface area contributed by atoms with Gasteiger partial charge in [0.25, 0.3) is 5.91 Å². The Morgan fingerprint density at radius 3 is 2.88 bits per heavy atom. The molecule has 0 radical (unpaired) electrons. The van der Waals surface area contributed by atoms with Crippen LogP contribution < -0.4 is 5.32 Å². The molecule has 0 aromatic carbocycles. The molecule has 9 nitrogen and oxygen atoms in total. The van der Waals surface area contributed by atoms with Crippen molar-refractivity contribution in [1.82, 2.24) is 10.1 Å². The zero-order chi connectivity index (χ0) is 18.7. The minimum atomic E-state index is -0.783. The molecule has 3 heterocycles. The fourth-order valence-corrected chi connectivity index (χ4v) is 3.98. The number of hydrogen-bond donors (Lipinski definition) is 1. The van der Waals surface area contributed by atoms with E-state index >= 15 is 0 Å². The molecule has 1 N–H and O–H groups in total. The maximum absolute atomic E-state index is 12.4. The predicted octanol–water partition coefficient (Wildman–Crippen LogP) is 1.72. The summed E-state index contributed by atoms with van der Waals surface area (Å²) in [4.78, 5) is 37.6. The van der Waals surface area contributed by atoms with Crippen LogP contribution in [0.5, 0.6) is 0 Å². The molecule has 1 fully saturated rings. The van der Waals surface area contributed by atoms with Crippen molar-refractivity contribution in [2.75, 3.05) is 17.7 Å². The number of anilines is 1. The number of nitrogens with one attached hydrogen (secondary N) is 1. The van der Waals surface area contributed by atoms with E-state index in [1.807, 2.05) is 0 Å². The minimum Gasteiger partial charge on any atom is -0.466 e. The average molecular weight is 379 g/mol. The summed E-state index contributed by atoms with van der Waals surface area (Å²) in [6.45, 7) is 2.58. The van der Waals surface area contributed by atoms with Gasteiger partial charge in [0.15, 0.2) is 12.4 Å². The van der Waals surface area contributed by atoms with E-state index < -0.39 is 29.9 Å². The average Bonchev–Trinajstić information content (AvgIpc) is 3.32. The Bertz CT molecular complexity index is 803. The lowest BCUT2D eigenvalue weighted by Crippen LogP contribution is -2.43. The van der Waals surface area contributed by atoms with Gasteiger partial charge in [-0.2, -0.15) is 0 Å². The quantitative estimate of drug-likeness (QED) is 0.781. The topological polar surface area (TPSA) is 115 Å². The molecule has 2 aromatic rings. The molecule has 26 heavy (non-hydrogen) atoms. The number of hydrogen-bond acceptors (Lipinski definition) is 8. The van der Waals surface area contributed by atoms with Gasteiger partial charge in [0.1, 0.15) is 22.9 Å². The van der Waals surface area contributed by atoms with Crippen molar-refractivity contribution in [2.24, 2.45) is 0 Å². The molecule has 0 unspecified atom stereocenters.